The number of hydrogen-bond acceptors (Lipinski definition) is 5. The van der Waals surface area contributed by atoms with Crippen LogP contribution in [-0.2, 0) is 14.3 Å². The van der Waals surface area contributed by atoms with E-state index in [9.17, 15) is 14.4 Å². The Labute approximate surface area is 152 Å². The largest absolute Gasteiger partial charge is 0.479 e. The van der Waals surface area contributed by atoms with Crippen molar-refractivity contribution in [2.45, 2.75) is 26.4 Å². The van der Waals surface area contributed by atoms with Crippen LogP contribution in [0.1, 0.15) is 30.6 Å². The Morgan fingerprint density at radius 1 is 1.04 bits per heavy atom. The number of rotatable bonds is 8. The van der Waals surface area contributed by atoms with Crippen molar-refractivity contribution in [2.24, 2.45) is 0 Å². The topological polar surface area (TPSA) is 81.7 Å². The van der Waals surface area contributed by atoms with E-state index in [2.05, 4.69) is 5.32 Å². The van der Waals surface area contributed by atoms with Crippen molar-refractivity contribution in [2.75, 3.05) is 11.9 Å². The molecule has 0 aliphatic heterocycles. The molecule has 136 valence electrons. The van der Waals surface area contributed by atoms with Crippen LogP contribution in [0.5, 0.6) is 5.75 Å². The Kier molecular flexibility index (Phi) is 6.91. The number of esters is 1. The van der Waals surface area contributed by atoms with Gasteiger partial charge in [0.25, 0.3) is 5.91 Å². The maximum Gasteiger partial charge on any atom is 0.347 e. The van der Waals surface area contributed by atoms with Crippen LogP contribution in [0.15, 0.2) is 54.6 Å². The third kappa shape index (κ3) is 5.73. The van der Waals surface area contributed by atoms with Gasteiger partial charge in [-0.1, -0.05) is 37.3 Å². The van der Waals surface area contributed by atoms with Crippen LogP contribution in [0, 0.1) is 0 Å². The molecule has 1 N–H and O–H groups in total. The molecule has 0 bridgehead atoms. The highest BCUT2D eigenvalue weighted by Gasteiger charge is 2.21. The number of carbonyl (C=O) groups excluding carboxylic acids is 3. The number of para-hydroxylation sites is 1. The van der Waals surface area contributed by atoms with Crippen LogP contribution in [0.4, 0.5) is 5.69 Å². The minimum atomic E-state index is -0.786. The zero-order valence-corrected chi connectivity index (χ0v) is 14.7. The van der Waals surface area contributed by atoms with E-state index in [0.717, 1.165) is 0 Å². The van der Waals surface area contributed by atoms with Gasteiger partial charge >= 0.3 is 5.97 Å². The van der Waals surface area contributed by atoms with Crippen molar-refractivity contribution in [3.63, 3.8) is 0 Å². The maximum atomic E-state index is 12.1. The molecule has 0 unspecified atom stereocenters. The molecule has 6 nitrogen and oxygen atoms in total. The maximum absolute atomic E-state index is 12.1. The summed E-state index contributed by atoms with van der Waals surface area (Å²) in [5, 5.41) is 2.59. The highest BCUT2D eigenvalue weighted by Crippen LogP contribution is 2.14. The summed E-state index contributed by atoms with van der Waals surface area (Å²) in [4.78, 5) is 35.4. The van der Waals surface area contributed by atoms with E-state index in [-0.39, 0.29) is 5.78 Å². The summed E-state index contributed by atoms with van der Waals surface area (Å²) >= 11 is 0. The number of ether oxygens (including phenoxy) is 2. The van der Waals surface area contributed by atoms with Gasteiger partial charge < -0.3 is 14.8 Å². The summed E-state index contributed by atoms with van der Waals surface area (Å²) in [6, 6.07) is 15.5. The molecule has 0 saturated heterocycles. The third-order valence-electron chi connectivity index (χ3n) is 3.55. The molecule has 1 amide bonds. The molecular weight excluding hydrogens is 334 g/mol. The van der Waals surface area contributed by atoms with E-state index in [1.54, 1.807) is 55.5 Å². The highest BCUT2D eigenvalue weighted by atomic mass is 16.6. The molecule has 0 aliphatic rings. The Morgan fingerprint density at radius 3 is 2.42 bits per heavy atom. The van der Waals surface area contributed by atoms with Gasteiger partial charge in [0.15, 0.2) is 18.5 Å². The summed E-state index contributed by atoms with van der Waals surface area (Å²) < 4.78 is 10.6. The zero-order chi connectivity index (χ0) is 18.9. The van der Waals surface area contributed by atoms with E-state index < -0.39 is 24.6 Å². The fourth-order valence-corrected chi connectivity index (χ4v) is 2.20. The number of carbonyl (C=O) groups is 3. The van der Waals surface area contributed by atoms with Gasteiger partial charge in [0.05, 0.1) is 0 Å². The summed E-state index contributed by atoms with van der Waals surface area (Å²) in [5.41, 5.74) is 0.952. The molecule has 0 fully saturated rings. The standard InChI is InChI=1S/C20H21NO5/c1-3-18(26-17-10-5-4-6-11-17)20(24)25-13-19(23)21-16-9-7-8-15(12-16)14(2)22/h4-12,18H,3,13H2,1-2H3,(H,21,23)/t18-/m0/s1. The Balaban J connectivity index is 1.86. The monoisotopic (exact) mass is 355 g/mol. The number of ketones is 1. The van der Waals surface area contributed by atoms with Crippen molar-refractivity contribution in [3.8, 4) is 5.75 Å². The van der Waals surface area contributed by atoms with Crippen LogP contribution >= 0.6 is 0 Å². The Morgan fingerprint density at radius 2 is 1.77 bits per heavy atom. The second-order valence-electron chi connectivity index (χ2n) is 5.62. The molecule has 6 heteroatoms. The van der Waals surface area contributed by atoms with Crippen molar-refractivity contribution < 1.29 is 23.9 Å². The van der Waals surface area contributed by atoms with Crippen molar-refractivity contribution in [3.05, 3.63) is 60.2 Å². The summed E-state index contributed by atoms with van der Waals surface area (Å²) in [6.07, 6.45) is -0.373. The number of amides is 1. The summed E-state index contributed by atoms with van der Waals surface area (Å²) in [7, 11) is 0. The zero-order valence-electron chi connectivity index (χ0n) is 14.7. The van der Waals surface area contributed by atoms with Gasteiger partial charge in [0.2, 0.25) is 0 Å². The number of Topliss-reactive ketones (excluding diaryl/α,β-unsaturated/α-hetero) is 1. The lowest BCUT2D eigenvalue weighted by Crippen LogP contribution is -2.31. The average Bonchev–Trinajstić information content (AvgIpc) is 2.65. The quantitative estimate of drug-likeness (QED) is 0.581. The molecular formula is C20H21NO5. The molecule has 0 aliphatic carbocycles. The first kappa shape index (κ1) is 19.2. The van der Waals surface area contributed by atoms with Gasteiger partial charge in [0.1, 0.15) is 5.75 Å². The van der Waals surface area contributed by atoms with Crippen LogP contribution in [0.3, 0.4) is 0 Å². The molecule has 2 rings (SSSR count). The molecule has 0 saturated carbocycles. The number of anilines is 1. The van der Waals surface area contributed by atoms with Gasteiger partial charge in [-0.15, -0.1) is 0 Å². The lowest BCUT2D eigenvalue weighted by atomic mass is 10.1. The fourth-order valence-electron chi connectivity index (χ4n) is 2.20. The molecule has 0 spiro atoms. The van der Waals surface area contributed by atoms with E-state index in [1.807, 2.05) is 6.07 Å². The van der Waals surface area contributed by atoms with Crippen LogP contribution in [0.25, 0.3) is 0 Å². The summed E-state index contributed by atoms with van der Waals surface area (Å²) in [5.74, 6) is -0.643. The normalized spacial score (nSPS) is 11.3. The molecule has 0 aromatic heterocycles. The molecule has 1 atom stereocenters. The first-order valence-corrected chi connectivity index (χ1v) is 8.28. The summed E-state index contributed by atoms with van der Waals surface area (Å²) in [6.45, 7) is 2.81. The van der Waals surface area contributed by atoms with E-state index in [4.69, 9.17) is 9.47 Å². The second kappa shape index (κ2) is 9.36. The Hall–Kier alpha value is -3.15. The Bertz CT molecular complexity index is 773. The predicted octanol–water partition coefficient (Wildman–Crippen LogP) is 3.23. The average molecular weight is 355 g/mol. The van der Waals surface area contributed by atoms with Gasteiger partial charge in [-0.25, -0.2) is 4.79 Å². The fraction of sp³-hybridized carbons (Fsp3) is 0.250. The first-order chi connectivity index (χ1) is 12.5. The van der Waals surface area contributed by atoms with Crippen LogP contribution < -0.4 is 10.1 Å². The second-order valence-corrected chi connectivity index (χ2v) is 5.62. The van der Waals surface area contributed by atoms with E-state index in [1.165, 1.54) is 6.92 Å². The highest BCUT2D eigenvalue weighted by molar-refractivity contribution is 5.97. The van der Waals surface area contributed by atoms with Crippen LogP contribution in [0.2, 0.25) is 0 Å². The molecule has 0 radical (unpaired) electrons. The lowest BCUT2D eigenvalue weighted by Gasteiger charge is -2.16. The number of nitrogens with one attached hydrogen (secondary N) is 1. The lowest BCUT2D eigenvalue weighted by molar-refractivity contribution is -0.154. The van der Waals surface area contributed by atoms with E-state index in [0.29, 0.717) is 23.4 Å². The van der Waals surface area contributed by atoms with Crippen molar-refractivity contribution in [1.29, 1.82) is 0 Å². The molecule has 2 aromatic carbocycles. The molecule has 0 heterocycles. The number of benzene rings is 2. The van der Waals surface area contributed by atoms with Gasteiger partial charge in [-0.3, -0.25) is 9.59 Å². The molecule has 2 aromatic rings. The van der Waals surface area contributed by atoms with Crippen molar-refractivity contribution in [1.82, 2.24) is 0 Å². The number of hydrogen-bond donors (Lipinski definition) is 1. The van der Waals surface area contributed by atoms with Crippen LogP contribution in [-0.4, -0.2) is 30.4 Å². The van der Waals surface area contributed by atoms with Crippen molar-refractivity contribution >= 4 is 23.3 Å². The first-order valence-electron chi connectivity index (χ1n) is 8.28. The minimum absolute atomic E-state index is 0.101. The van der Waals surface area contributed by atoms with Gasteiger partial charge in [-0.05, 0) is 37.6 Å². The third-order valence-corrected chi connectivity index (χ3v) is 3.55. The van der Waals surface area contributed by atoms with Gasteiger partial charge in [-0.2, -0.15) is 0 Å². The smallest absolute Gasteiger partial charge is 0.347 e. The van der Waals surface area contributed by atoms with Gasteiger partial charge in [0, 0.05) is 11.3 Å². The SMILES string of the molecule is CC[C@H](Oc1ccccc1)C(=O)OCC(=O)Nc1cccc(C(C)=O)c1. The minimum Gasteiger partial charge on any atom is -0.479 e. The predicted molar refractivity (Wildman–Crippen MR) is 97.2 cm³/mol. The molecule has 26 heavy (non-hydrogen) atoms. The van der Waals surface area contributed by atoms with E-state index >= 15 is 0 Å².